The fraction of sp³-hybridized carbons (Fsp3) is 0.150. The molecule has 0 unspecified atom stereocenters. The van der Waals surface area contributed by atoms with E-state index < -0.39 is 0 Å². The summed E-state index contributed by atoms with van der Waals surface area (Å²) in [7, 11) is 0. The lowest BCUT2D eigenvalue weighted by Gasteiger charge is -2.05. The Labute approximate surface area is 155 Å². The molecule has 2 aromatic heterocycles. The molecule has 0 saturated heterocycles. The summed E-state index contributed by atoms with van der Waals surface area (Å²) in [5, 5.41) is 9.30. The number of carbonyl (C=O) groups excluding carboxylic acids is 1. The van der Waals surface area contributed by atoms with Gasteiger partial charge in [-0.05, 0) is 38.5 Å². The van der Waals surface area contributed by atoms with Gasteiger partial charge in [0.25, 0.3) is 11.9 Å². The zero-order valence-corrected chi connectivity index (χ0v) is 15.6. The maximum atomic E-state index is 12.4. The third-order valence-electron chi connectivity index (χ3n) is 4.28. The first-order chi connectivity index (χ1) is 12.5. The number of aryl methyl sites for hydroxylation is 3. The monoisotopic (exact) mass is 362 g/mol. The van der Waals surface area contributed by atoms with Crippen LogP contribution < -0.4 is 5.32 Å². The van der Waals surface area contributed by atoms with Crippen molar-refractivity contribution in [1.82, 2.24) is 14.6 Å². The van der Waals surface area contributed by atoms with Crippen LogP contribution in [0.2, 0.25) is 0 Å². The van der Waals surface area contributed by atoms with E-state index in [2.05, 4.69) is 47.4 Å². The molecule has 1 amide bonds. The van der Waals surface area contributed by atoms with Gasteiger partial charge in [-0.2, -0.15) is 4.98 Å². The molecule has 0 aliphatic heterocycles. The second kappa shape index (κ2) is 6.38. The molecule has 0 aliphatic carbocycles. The number of nitrogens with zero attached hydrogens (tertiary/aromatic N) is 3. The van der Waals surface area contributed by atoms with Crippen molar-refractivity contribution < 1.29 is 4.79 Å². The zero-order chi connectivity index (χ0) is 18.3. The molecule has 2 heterocycles. The smallest absolute Gasteiger partial charge is 0.258 e. The number of hydrogen-bond donors (Lipinski definition) is 1. The van der Waals surface area contributed by atoms with Crippen LogP contribution in [0.5, 0.6) is 0 Å². The summed E-state index contributed by atoms with van der Waals surface area (Å²) < 4.78 is 1.78. The Morgan fingerprint density at radius 2 is 1.77 bits per heavy atom. The highest BCUT2D eigenvalue weighted by atomic mass is 32.1. The average molecular weight is 362 g/mol. The summed E-state index contributed by atoms with van der Waals surface area (Å²) in [4.78, 5) is 17.6. The molecule has 0 spiro atoms. The van der Waals surface area contributed by atoms with E-state index in [1.165, 1.54) is 22.5 Å². The van der Waals surface area contributed by atoms with Gasteiger partial charge in [0.15, 0.2) is 0 Å². The molecule has 5 nitrogen and oxygen atoms in total. The largest absolute Gasteiger partial charge is 0.289 e. The molecule has 0 fully saturated rings. The molecule has 4 rings (SSSR count). The van der Waals surface area contributed by atoms with Gasteiger partial charge in [-0.25, -0.2) is 4.52 Å². The summed E-state index contributed by atoms with van der Waals surface area (Å²) in [6.07, 6.45) is 0. The van der Waals surface area contributed by atoms with E-state index >= 15 is 0 Å². The molecule has 0 radical (unpaired) electrons. The van der Waals surface area contributed by atoms with Crippen molar-refractivity contribution in [3.63, 3.8) is 0 Å². The predicted octanol–water partition coefficient (Wildman–Crippen LogP) is 4.64. The first-order valence-electron chi connectivity index (χ1n) is 8.31. The van der Waals surface area contributed by atoms with Crippen LogP contribution in [0.4, 0.5) is 5.95 Å². The van der Waals surface area contributed by atoms with E-state index in [4.69, 9.17) is 0 Å². The summed E-state index contributed by atoms with van der Waals surface area (Å²) in [6.45, 7) is 6.15. The first kappa shape index (κ1) is 16.5. The lowest BCUT2D eigenvalue weighted by atomic mass is 10.0. The number of benzene rings is 2. The first-order valence-corrected chi connectivity index (χ1v) is 9.19. The molecule has 1 N–H and O–H groups in total. The van der Waals surface area contributed by atoms with Gasteiger partial charge in [-0.15, -0.1) is 16.4 Å². The number of rotatable bonds is 3. The quantitative estimate of drug-likeness (QED) is 0.578. The van der Waals surface area contributed by atoms with E-state index in [1.54, 1.807) is 16.6 Å². The lowest BCUT2D eigenvalue weighted by Crippen LogP contribution is -2.13. The Balaban J connectivity index is 1.65. The van der Waals surface area contributed by atoms with E-state index in [-0.39, 0.29) is 5.91 Å². The van der Waals surface area contributed by atoms with Gasteiger partial charge in [-0.1, -0.05) is 41.5 Å². The molecule has 0 bridgehead atoms. The Morgan fingerprint density at radius 1 is 1.04 bits per heavy atom. The SMILES string of the molecule is Cc1ccc(C(=O)Nc2nc3scc(-c4ccc(C)cc4C)n3n2)cc1. The highest BCUT2D eigenvalue weighted by Gasteiger charge is 2.15. The number of carbonyl (C=O) groups is 1. The highest BCUT2D eigenvalue weighted by Crippen LogP contribution is 2.29. The van der Waals surface area contributed by atoms with Crippen LogP contribution in [0.1, 0.15) is 27.0 Å². The van der Waals surface area contributed by atoms with Crippen LogP contribution in [0.3, 0.4) is 0 Å². The topological polar surface area (TPSA) is 59.3 Å². The Kier molecular flexibility index (Phi) is 4.05. The van der Waals surface area contributed by atoms with Crippen molar-refractivity contribution in [2.24, 2.45) is 0 Å². The molecular formula is C20H18N4OS. The number of fused-ring (bicyclic) bond motifs is 1. The Hall–Kier alpha value is -2.99. The summed E-state index contributed by atoms with van der Waals surface area (Å²) in [5.74, 6) is 0.102. The minimum absolute atomic E-state index is 0.212. The van der Waals surface area contributed by atoms with Crippen molar-refractivity contribution in [1.29, 1.82) is 0 Å². The molecule has 2 aromatic carbocycles. The van der Waals surface area contributed by atoms with Crippen LogP contribution in [0.15, 0.2) is 47.8 Å². The molecule has 0 aliphatic rings. The van der Waals surface area contributed by atoms with E-state index in [0.29, 0.717) is 11.5 Å². The van der Waals surface area contributed by atoms with Gasteiger partial charge in [0.05, 0.1) is 5.69 Å². The standard InChI is InChI=1S/C20H18N4OS/c1-12-4-7-15(8-5-12)18(25)21-19-22-20-24(23-19)17(11-26-20)16-9-6-13(2)10-14(16)3/h4-11H,1-3H3,(H,21,23,25). The van der Waals surface area contributed by atoms with Crippen molar-refractivity contribution in [3.8, 4) is 11.3 Å². The van der Waals surface area contributed by atoms with E-state index in [0.717, 1.165) is 21.8 Å². The molecule has 6 heteroatoms. The average Bonchev–Trinajstić information content (AvgIpc) is 3.16. The second-order valence-corrected chi connectivity index (χ2v) is 7.23. The number of amides is 1. The summed E-state index contributed by atoms with van der Waals surface area (Å²) in [6, 6.07) is 13.7. The van der Waals surface area contributed by atoms with Crippen LogP contribution in [-0.4, -0.2) is 20.5 Å². The van der Waals surface area contributed by atoms with Crippen LogP contribution >= 0.6 is 11.3 Å². The zero-order valence-electron chi connectivity index (χ0n) is 14.8. The molecule has 0 saturated carbocycles. The third-order valence-corrected chi connectivity index (χ3v) is 5.09. The van der Waals surface area contributed by atoms with Gasteiger partial charge in [0, 0.05) is 16.5 Å². The molecule has 26 heavy (non-hydrogen) atoms. The van der Waals surface area contributed by atoms with E-state index in [1.807, 2.05) is 24.4 Å². The Bertz CT molecular complexity index is 1110. The van der Waals surface area contributed by atoms with Gasteiger partial charge in [-0.3, -0.25) is 10.1 Å². The fourth-order valence-corrected chi connectivity index (χ4v) is 3.72. The van der Waals surface area contributed by atoms with Crippen LogP contribution in [0, 0.1) is 20.8 Å². The normalized spacial score (nSPS) is 11.0. The number of thiazole rings is 1. The summed E-state index contributed by atoms with van der Waals surface area (Å²) >= 11 is 1.51. The molecule has 4 aromatic rings. The van der Waals surface area contributed by atoms with Crippen LogP contribution in [0.25, 0.3) is 16.2 Å². The van der Waals surface area contributed by atoms with Crippen molar-refractivity contribution in [2.75, 3.05) is 5.32 Å². The number of anilines is 1. The van der Waals surface area contributed by atoms with E-state index in [9.17, 15) is 4.79 Å². The fourth-order valence-electron chi connectivity index (χ4n) is 2.90. The molecule has 130 valence electrons. The van der Waals surface area contributed by atoms with Gasteiger partial charge < -0.3 is 0 Å². The van der Waals surface area contributed by atoms with Crippen molar-refractivity contribution >= 4 is 28.2 Å². The molecular weight excluding hydrogens is 344 g/mol. The van der Waals surface area contributed by atoms with Crippen LogP contribution in [-0.2, 0) is 0 Å². The second-order valence-electron chi connectivity index (χ2n) is 6.39. The summed E-state index contributed by atoms with van der Waals surface area (Å²) in [5.41, 5.74) is 6.20. The van der Waals surface area contributed by atoms with Crippen molar-refractivity contribution in [2.45, 2.75) is 20.8 Å². The number of hydrogen-bond acceptors (Lipinski definition) is 4. The lowest BCUT2D eigenvalue weighted by molar-refractivity contribution is 0.102. The minimum atomic E-state index is -0.212. The maximum absolute atomic E-state index is 12.4. The minimum Gasteiger partial charge on any atom is -0.289 e. The van der Waals surface area contributed by atoms with Gasteiger partial charge >= 0.3 is 0 Å². The van der Waals surface area contributed by atoms with Crippen molar-refractivity contribution in [3.05, 3.63) is 70.1 Å². The third kappa shape index (κ3) is 2.99. The predicted molar refractivity (Wildman–Crippen MR) is 105 cm³/mol. The van der Waals surface area contributed by atoms with Gasteiger partial charge in [0.2, 0.25) is 4.96 Å². The Morgan fingerprint density at radius 3 is 2.50 bits per heavy atom. The maximum Gasteiger partial charge on any atom is 0.258 e. The highest BCUT2D eigenvalue weighted by molar-refractivity contribution is 7.15. The van der Waals surface area contributed by atoms with Gasteiger partial charge in [0.1, 0.15) is 0 Å². The number of aromatic nitrogens is 3. The number of nitrogens with one attached hydrogen (secondary N) is 1. The molecule has 0 atom stereocenters.